The Morgan fingerprint density at radius 3 is 2.69 bits per heavy atom. The normalized spacial score (nSPS) is 21.8. The molecule has 8 heteroatoms. The molecule has 5 heterocycles. The second-order valence-electron chi connectivity index (χ2n) is 8.02. The fraction of sp³-hybridized carbons (Fsp3) is 0.476. The summed E-state index contributed by atoms with van der Waals surface area (Å²) < 4.78 is 1.88. The van der Waals surface area contributed by atoms with Gasteiger partial charge >= 0.3 is 0 Å². The van der Waals surface area contributed by atoms with Gasteiger partial charge in [0.05, 0.1) is 11.7 Å². The molecule has 2 saturated heterocycles. The molecule has 2 fully saturated rings. The van der Waals surface area contributed by atoms with E-state index in [1.807, 2.05) is 46.9 Å². The van der Waals surface area contributed by atoms with Crippen LogP contribution in [0.4, 0.5) is 0 Å². The zero-order valence-corrected chi connectivity index (χ0v) is 16.6. The van der Waals surface area contributed by atoms with E-state index in [0.717, 1.165) is 68.0 Å². The molecular formula is C21H25N7O. The second kappa shape index (κ2) is 7.51. The molecule has 8 nitrogen and oxygen atoms in total. The van der Waals surface area contributed by atoms with Crippen molar-refractivity contribution in [2.24, 2.45) is 0 Å². The summed E-state index contributed by atoms with van der Waals surface area (Å²) in [6, 6.07) is 7.87. The first-order valence-corrected chi connectivity index (χ1v) is 10.3. The van der Waals surface area contributed by atoms with Crippen molar-refractivity contribution in [2.75, 3.05) is 26.7 Å². The third kappa shape index (κ3) is 3.37. The number of likely N-dealkylation sites (tertiary alicyclic amines) is 2. The molecular weight excluding hydrogens is 366 g/mol. The van der Waals surface area contributed by atoms with Crippen LogP contribution in [0.2, 0.25) is 0 Å². The van der Waals surface area contributed by atoms with E-state index in [0.29, 0.717) is 5.92 Å². The number of nitrogens with zero attached hydrogens (tertiary/aromatic N) is 7. The summed E-state index contributed by atoms with van der Waals surface area (Å²) in [5, 5.41) is 13.6. The molecule has 1 atom stereocenters. The number of rotatable bonds is 3. The van der Waals surface area contributed by atoms with Crippen LogP contribution in [0.5, 0.6) is 0 Å². The van der Waals surface area contributed by atoms with Gasteiger partial charge in [0.2, 0.25) is 5.91 Å². The molecule has 0 aliphatic carbocycles. The Labute approximate surface area is 169 Å². The monoisotopic (exact) mass is 391 g/mol. The van der Waals surface area contributed by atoms with E-state index >= 15 is 0 Å². The highest BCUT2D eigenvalue weighted by molar-refractivity contribution is 5.82. The molecule has 2 aliphatic rings. The minimum atomic E-state index is 0.0418. The standard InChI is InChI=1S/C21H25N7O/c1-26-11-3-5-18(21(26)29)27-12-8-15(9-13-27)20-24-23-19-7-6-17(25-28(19)20)16-4-2-10-22-14-16/h2,4,6-7,10,14-15,18H,3,5,8-9,11-13H2,1H3. The van der Waals surface area contributed by atoms with Crippen LogP contribution >= 0.6 is 0 Å². The first-order chi connectivity index (χ1) is 14.2. The second-order valence-corrected chi connectivity index (χ2v) is 8.02. The number of amides is 1. The number of pyridine rings is 1. The predicted octanol–water partition coefficient (Wildman–Crippen LogP) is 1.99. The van der Waals surface area contributed by atoms with Crippen LogP contribution in [0.1, 0.15) is 37.4 Å². The number of carbonyl (C=O) groups is 1. The van der Waals surface area contributed by atoms with Crippen molar-refractivity contribution in [3.8, 4) is 11.3 Å². The lowest BCUT2D eigenvalue weighted by Crippen LogP contribution is -2.53. The maximum Gasteiger partial charge on any atom is 0.239 e. The summed E-state index contributed by atoms with van der Waals surface area (Å²) >= 11 is 0. The van der Waals surface area contributed by atoms with Crippen molar-refractivity contribution >= 4 is 11.6 Å². The van der Waals surface area contributed by atoms with Crippen molar-refractivity contribution in [3.63, 3.8) is 0 Å². The van der Waals surface area contributed by atoms with E-state index < -0.39 is 0 Å². The van der Waals surface area contributed by atoms with Crippen LogP contribution in [0, 0.1) is 0 Å². The number of carbonyl (C=O) groups excluding carboxylic acids is 1. The molecule has 3 aromatic rings. The summed E-state index contributed by atoms with van der Waals surface area (Å²) in [5.41, 5.74) is 2.60. The van der Waals surface area contributed by atoms with Crippen LogP contribution in [0.15, 0.2) is 36.7 Å². The van der Waals surface area contributed by atoms with E-state index in [1.165, 1.54) is 0 Å². The van der Waals surface area contributed by atoms with Gasteiger partial charge in [0.25, 0.3) is 0 Å². The summed E-state index contributed by atoms with van der Waals surface area (Å²) in [7, 11) is 1.91. The molecule has 3 aromatic heterocycles. The number of hydrogen-bond acceptors (Lipinski definition) is 6. The van der Waals surface area contributed by atoms with Gasteiger partial charge in [-0.3, -0.25) is 14.7 Å². The van der Waals surface area contributed by atoms with Crippen LogP contribution in [-0.4, -0.2) is 73.2 Å². The Balaban J connectivity index is 1.35. The Morgan fingerprint density at radius 1 is 1.03 bits per heavy atom. The summed E-state index contributed by atoms with van der Waals surface area (Å²) in [4.78, 5) is 20.9. The van der Waals surface area contributed by atoms with E-state index in [9.17, 15) is 4.79 Å². The molecule has 0 spiro atoms. The Bertz CT molecular complexity index is 1010. The van der Waals surface area contributed by atoms with Crippen molar-refractivity contribution in [1.82, 2.24) is 34.6 Å². The number of hydrogen-bond donors (Lipinski definition) is 0. The first-order valence-electron chi connectivity index (χ1n) is 10.3. The van der Waals surface area contributed by atoms with Gasteiger partial charge in [-0.15, -0.1) is 10.2 Å². The van der Waals surface area contributed by atoms with Gasteiger partial charge < -0.3 is 4.90 Å². The van der Waals surface area contributed by atoms with Gasteiger partial charge in [-0.1, -0.05) is 0 Å². The summed E-state index contributed by atoms with van der Waals surface area (Å²) in [5.74, 6) is 1.48. The predicted molar refractivity (Wildman–Crippen MR) is 108 cm³/mol. The highest BCUT2D eigenvalue weighted by Gasteiger charge is 2.35. The number of aromatic nitrogens is 5. The SMILES string of the molecule is CN1CCCC(N2CCC(c3nnc4ccc(-c5cccnc5)nn34)CC2)C1=O. The van der Waals surface area contributed by atoms with Crippen molar-refractivity contribution < 1.29 is 4.79 Å². The van der Waals surface area contributed by atoms with E-state index in [-0.39, 0.29) is 11.9 Å². The third-order valence-electron chi connectivity index (χ3n) is 6.21. The zero-order valence-electron chi connectivity index (χ0n) is 16.6. The highest BCUT2D eigenvalue weighted by atomic mass is 16.2. The van der Waals surface area contributed by atoms with Crippen LogP contribution in [0.3, 0.4) is 0 Å². The maximum absolute atomic E-state index is 12.5. The van der Waals surface area contributed by atoms with Crippen LogP contribution in [0.25, 0.3) is 16.9 Å². The maximum atomic E-state index is 12.5. The molecule has 29 heavy (non-hydrogen) atoms. The van der Waals surface area contributed by atoms with Crippen molar-refractivity contribution in [1.29, 1.82) is 0 Å². The van der Waals surface area contributed by atoms with Crippen molar-refractivity contribution in [2.45, 2.75) is 37.6 Å². The van der Waals surface area contributed by atoms with E-state index in [2.05, 4.69) is 20.1 Å². The lowest BCUT2D eigenvalue weighted by atomic mass is 9.93. The summed E-state index contributed by atoms with van der Waals surface area (Å²) in [6.45, 7) is 2.70. The number of fused-ring (bicyclic) bond motifs is 1. The van der Waals surface area contributed by atoms with Gasteiger partial charge in [-0.05, 0) is 63.0 Å². The fourth-order valence-electron chi connectivity index (χ4n) is 4.55. The third-order valence-corrected chi connectivity index (χ3v) is 6.21. The average Bonchev–Trinajstić information content (AvgIpc) is 3.20. The molecule has 150 valence electrons. The van der Waals surface area contributed by atoms with E-state index in [4.69, 9.17) is 5.10 Å². The number of likely N-dealkylation sites (N-methyl/N-ethyl adjacent to an activating group) is 1. The largest absolute Gasteiger partial charge is 0.344 e. The molecule has 1 unspecified atom stereocenters. The zero-order chi connectivity index (χ0) is 19.8. The molecule has 2 aliphatic heterocycles. The Kier molecular flexibility index (Phi) is 4.71. The Morgan fingerprint density at radius 2 is 1.90 bits per heavy atom. The van der Waals surface area contributed by atoms with E-state index in [1.54, 1.807) is 6.20 Å². The molecule has 0 bridgehead atoms. The van der Waals surface area contributed by atoms with Crippen LogP contribution in [-0.2, 0) is 4.79 Å². The van der Waals surface area contributed by atoms with Gasteiger partial charge in [0, 0.05) is 37.5 Å². The fourth-order valence-corrected chi connectivity index (χ4v) is 4.55. The molecule has 0 saturated carbocycles. The smallest absolute Gasteiger partial charge is 0.239 e. The van der Waals surface area contributed by atoms with Crippen molar-refractivity contribution in [3.05, 3.63) is 42.5 Å². The first kappa shape index (κ1) is 18.2. The van der Waals surface area contributed by atoms with Gasteiger partial charge in [-0.2, -0.15) is 9.61 Å². The lowest BCUT2D eigenvalue weighted by Gasteiger charge is -2.40. The molecule has 0 aromatic carbocycles. The topological polar surface area (TPSA) is 79.5 Å². The minimum absolute atomic E-state index is 0.0418. The minimum Gasteiger partial charge on any atom is -0.344 e. The molecule has 0 N–H and O–H groups in total. The van der Waals surface area contributed by atoms with Crippen LogP contribution < -0.4 is 0 Å². The lowest BCUT2D eigenvalue weighted by molar-refractivity contribution is -0.139. The number of piperidine rings is 2. The summed E-state index contributed by atoms with van der Waals surface area (Å²) in [6.07, 6.45) is 7.56. The Hall–Kier alpha value is -2.87. The molecule has 0 radical (unpaired) electrons. The van der Waals surface area contributed by atoms with Gasteiger partial charge in [-0.25, -0.2) is 0 Å². The average molecular weight is 391 g/mol. The molecule has 1 amide bonds. The quantitative estimate of drug-likeness (QED) is 0.679. The molecule has 5 rings (SSSR count). The van der Waals surface area contributed by atoms with Gasteiger partial charge in [0.15, 0.2) is 11.5 Å². The van der Waals surface area contributed by atoms with Gasteiger partial charge in [0.1, 0.15) is 0 Å². The highest BCUT2D eigenvalue weighted by Crippen LogP contribution is 2.30.